The third-order valence-electron chi connectivity index (χ3n) is 3.87. The fraction of sp³-hybridized carbons (Fsp3) is 0.650. The van der Waals surface area contributed by atoms with Gasteiger partial charge in [-0.25, -0.2) is 4.79 Å². The number of hydrogen-bond donors (Lipinski definition) is 2. The molecule has 2 N–H and O–H groups in total. The van der Waals surface area contributed by atoms with Crippen LogP contribution in [0.3, 0.4) is 0 Å². The van der Waals surface area contributed by atoms with Gasteiger partial charge in [0.05, 0.1) is 26.4 Å². The van der Waals surface area contributed by atoms with Crippen LogP contribution in [-0.2, 0) is 0 Å². The first kappa shape index (κ1) is 22.7. The molecule has 0 aliphatic carbocycles. The molecule has 1 aromatic carbocycles. The van der Waals surface area contributed by atoms with Crippen molar-refractivity contribution < 1.29 is 34.0 Å². The molecule has 0 aliphatic rings. The van der Waals surface area contributed by atoms with Crippen molar-refractivity contribution in [1.82, 2.24) is 0 Å². The third kappa shape index (κ3) is 6.12. The molecule has 1 aromatic rings. The maximum Gasteiger partial charge on any atom is 0.343 e. The van der Waals surface area contributed by atoms with Gasteiger partial charge in [-0.15, -0.1) is 0 Å². The second-order valence-corrected chi connectivity index (χ2v) is 5.91. The van der Waals surface area contributed by atoms with Crippen LogP contribution in [0.2, 0.25) is 0 Å². The Labute approximate surface area is 161 Å². The summed E-state index contributed by atoms with van der Waals surface area (Å²) in [4.78, 5) is 11.8. The van der Waals surface area contributed by atoms with Gasteiger partial charge in [0.25, 0.3) is 0 Å². The topological polar surface area (TPSA) is 94.5 Å². The minimum atomic E-state index is -1.33. The highest BCUT2D eigenvalue weighted by atomic mass is 16.6. The molecule has 7 nitrogen and oxygen atoms in total. The normalized spacial score (nSPS) is 10.5. The van der Waals surface area contributed by atoms with E-state index in [1.165, 1.54) is 0 Å². The molecule has 0 fully saturated rings. The van der Waals surface area contributed by atoms with Gasteiger partial charge in [-0.3, -0.25) is 0 Å². The highest BCUT2D eigenvalue weighted by Crippen LogP contribution is 2.53. The van der Waals surface area contributed by atoms with E-state index >= 15 is 0 Å². The van der Waals surface area contributed by atoms with Gasteiger partial charge < -0.3 is 29.2 Å². The molecule has 0 heterocycles. The third-order valence-corrected chi connectivity index (χ3v) is 3.87. The molecule has 0 unspecified atom stereocenters. The number of unbranched alkanes of at least 4 members (excludes halogenated alkanes) is 4. The Morgan fingerprint density at radius 2 is 1.26 bits per heavy atom. The number of carboxylic acid groups (broad SMARTS) is 1. The number of aromatic carboxylic acids is 1. The van der Waals surface area contributed by atoms with Crippen molar-refractivity contribution in [3.63, 3.8) is 0 Å². The first-order valence-corrected chi connectivity index (χ1v) is 9.70. The molecule has 0 saturated heterocycles. The number of hydrogen-bond acceptors (Lipinski definition) is 6. The van der Waals surface area contributed by atoms with Crippen LogP contribution in [0.4, 0.5) is 0 Å². The molecule has 0 radical (unpaired) electrons. The van der Waals surface area contributed by atoms with Gasteiger partial charge in [-0.2, -0.15) is 0 Å². The minimum Gasteiger partial charge on any atom is -0.503 e. The largest absolute Gasteiger partial charge is 0.503 e. The summed E-state index contributed by atoms with van der Waals surface area (Å²) < 4.78 is 22.5. The van der Waals surface area contributed by atoms with Crippen molar-refractivity contribution in [3.8, 4) is 28.7 Å². The average Bonchev–Trinajstić information content (AvgIpc) is 2.63. The molecule has 0 aromatic heterocycles. The molecule has 0 aliphatic heterocycles. The SMILES string of the molecule is CCCCCCCOc1c(O)c(C(=O)O)c(OCC)c(OCC)c1OCC. The molecule has 0 bridgehead atoms. The maximum absolute atomic E-state index is 11.8. The monoisotopic (exact) mass is 384 g/mol. The highest BCUT2D eigenvalue weighted by Gasteiger charge is 2.32. The van der Waals surface area contributed by atoms with E-state index < -0.39 is 11.7 Å². The van der Waals surface area contributed by atoms with E-state index in [-0.39, 0.29) is 41.8 Å². The Kier molecular flexibility index (Phi) is 10.2. The summed E-state index contributed by atoms with van der Waals surface area (Å²) in [6, 6.07) is 0. The van der Waals surface area contributed by atoms with E-state index in [1.54, 1.807) is 20.8 Å². The van der Waals surface area contributed by atoms with Gasteiger partial charge in [-0.05, 0) is 27.2 Å². The Morgan fingerprint density at radius 3 is 1.78 bits per heavy atom. The summed E-state index contributed by atoms with van der Waals surface area (Å²) in [6.07, 6.45) is 5.22. The van der Waals surface area contributed by atoms with Crippen LogP contribution in [0.25, 0.3) is 0 Å². The van der Waals surface area contributed by atoms with Crippen molar-refractivity contribution >= 4 is 5.97 Å². The van der Waals surface area contributed by atoms with E-state index in [0.29, 0.717) is 13.2 Å². The van der Waals surface area contributed by atoms with Crippen molar-refractivity contribution in [3.05, 3.63) is 5.56 Å². The Morgan fingerprint density at radius 1 is 0.741 bits per heavy atom. The van der Waals surface area contributed by atoms with Crippen LogP contribution in [0.5, 0.6) is 28.7 Å². The quantitative estimate of drug-likeness (QED) is 0.451. The van der Waals surface area contributed by atoms with Crippen molar-refractivity contribution in [2.45, 2.75) is 59.8 Å². The lowest BCUT2D eigenvalue weighted by Gasteiger charge is -2.21. The molecular weight excluding hydrogens is 352 g/mol. The second-order valence-electron chi connectivity index (χ2n) is 5.91. The van der Waals surface area contributed by atoms with Gasteiger partial charge in [0.2, 0.25) is 17.2 Å². The maximum atomic E-state index is 11.8. The van der Waals surface area contributed by atoms with Gasteiger partial charge in [0.1, 0.15) is 0 Å². The van der Waals surface area contributed by atoms with E-state index in [0.717, 1.165) is 32.1 Å². The molecule has 0 spiro atoms. The molecule has 27 heavy (non-hydrogen) atoms. The summed E-state index contributed by atoms with van der Waals surface area (Å²) in [5.41, 5.74) is -0.385. The predicted molar refractivity (Wildman–Crippen MR) is 103 cm³/mol. The zero-order valence-electron chi connectivity index (χ0n) is 16.8. The van der Waals surface area contributed by atoms with Crippen LogP contribution < -0.4 is 18.9 Å². The molecule has 0 saturated carbocycles. The molecular formula is C20H32O7. The van der Waals surface area contributed by atoms with Gasteiger partial charge in [-0.1, -0.05) is 32.6 Å². The molecule has 1 rings (SSSR count). The van der Waals surface area contributed by atoms with E-state index in [2.05, 4.69) is 6.92 Å². The van der Waals surface area contributed by atoms with Crippen LogP contribution >= 0.6 is 0 Å². The van der Waals surface area contributed by atoms with Crippen molar-refractivity contribution in [1.29, 1.82) is 0 Å². The zero-order chi connectivity index (χ0) is 20.2. The molecule has 0 amide bonds. The van der Waals surface area contributed by atoms with Crippen LogP contribution in [0.1, 0.15) is 70.2 Å². The number of phenols is 1. The van der Waals surface area contributed by atoms with E-state index in [9.17, 15) is 15.0 Å². The molecule has 0 atom stereocenters. The van der Waals surface area contributed by atoms with Crippen LogP contribution in [0, 0.1) is 0 Å². The number of benzene rings is 1. The zero-order valence-corrected chi connectivity index (χ0v) is 16.8. The summed E-state index contributed by atoms with van der Waals surface area (Å²) in [6.45, 7) is 8.55. The Balaban J connectivity index is 3.30. The summed E-state index contributed by atoms with van der Waals surface area (Å²) in [7, 11) is 0. The standard InChI is InChI=1S/C20H32O7/c1-5-9-10-11-12-13-27-17-15(21)14(20(22)23)16(24-6-2)18(25-7-3)19(17)26-8-4/h21H,5-13H2,1-4H3,(H,22,23). The van der Waals surface area contributed by atoms with Gasteiger partial charge in [0, 0.05) is 0 Å². The summed E-state index contributed by atoms with van der Waals surface area (Å²) in [5.74, 6) is -1.60. The lowest BCUT2D eigenvalue weighted by atomic mass is 10.1. The summed E-state index contributed by atoms with van der Waals surface area (Å²) >= 11 is 0. The average molecular weight is 384 g/mol. The van der Waals surface area contributed by atoms with Crippen molar-refractivity contribution in [2.75, 3.05) is 26.4 Å². The first-order chi connectivity index (χ1) is 13.0. The number of carboxylic acids is 1. The highest BCUT2D eigenvalue weighted by molar-refractivity contribution is 5.97. The van der Waals surface area contributed by atoms with Crippen LogP contribution in [-0.4, -0.2) is 42.6 Å². The van der Waals surface area contributed by atoms with E-state index in [4.69, 9.17) is 18.9 Å². The number of ether oxygens (including phenoxy) is 4. The van der Waals surface area contributed by atoms with Gasteiger partial charge >= 0.3 is 5.97 Å². The number of carbonyl (C=O) groups is 1. The van der Waals surface area contributed by atoms with Crippen LogP contribution in [0.15, 0.2) is 0 Å². The van der Waals surface area contributed by atoms with E-state index in [1.807, 2.05) is 0 Å². The predicted octanol–water partition coefficient (Wildman–Crippen LogP) is 4.64. The number of rotatable bonds is 14. The first-order valence-electron chi connectivity index (χ1n) is 9.70. The molecule has 154 valence electrons. The second kappa shape index (κ2) is 12.1. The molecule has 7 heteroatoms. The lowest BCUT2D eigenvalue weighted by Crippen LogP contribution is -2.11. The smallest absolute Gasteiger partial charge is 0.343 e. The number of aromatic hydroxyl groups is 1. The Hall–Kier alpha value is -2.31. The van der Waals surface area contributed by atoms with Crippen molar-refractivity contribution in [2.24, 2.45) is 0 Å². The Bertz CT molecular complexity index is 599. The summed E-state index contributed by atoms with van der Waals surface area (Å²) in [5, 5.41) is 20.2. The lowest BCUT2D eigenvalue weighted by molar-refractivity contribution is 0.0686. The minimum absolute atomic E-state index is 0.0170. The van der Waals surface area contributed by atoms with Gasteiger partial charge in [0.15, 0.2) is 17.1 Å². The fourth-order valence-electron chi connectivity index (χ4n) is 2.69. The fourth-order valence-corrected chi connectivity index (χ4v) is 2.69.